The van der Waals surface area contributed by atoms with Crippen molar-refractivity contribution >= 4 is 0 Å². The smallest absolute Gasteiger partial charge is 0.0471 e. The van der Waals surface area contributed by atoms with Gasteiger partial charge in [-0.2, -0.15) is 0 Å². The maximum Gasteiger partial charge on any atom is 0.0471 e. The van der Waals surface area contributed by atoms with E-state index in [0.29, 0.717) is 11.0 Å². The van der Waals surface area contributed by atoms with E-state index in [1.807, 2.05) is 0 Å². The number of hydrogen-bond acceptors (Lipinski definition) is 2. The van der Waals surface area contributed by atoms with Gasteiger partial charge >= 0.3 is 0 Å². The lowest BCUT2D eigenvalue weighted by Crippen LogP contribution is -2.37. The van der Waals surface area contributed by atoms with E-state index in [0.717, 1.165) is 13.2 Å². The van der Waals surface area contributed by atoms with E-state index in [2.05, 4.69) is 19.3 Å². The molecule has 0 amide bonds. The highest BCUT2D eigenvalue weighted by atomic mass is 16.5. The lowest BCUT2D eigenvalue weighted by Gasteiger charge is -2.36. The second-order valence-corrected chi connectivity index (χ2v) is 5.13. The van der Waals surface area contributed by atoms with Crippen LogP contribution in [0, 0.1) is 5.41 Å². The van der Waals surface area contributed by atoms with Crippen LogP contribution in [0.15, 0.2) is 0 Å². The highest BCUT2D eigenvalue weighted by molar-refractivity contribution is 5.04. The van der Waals surface area contributed by atoms with Crippen LogP contribution in [0.3, 0.4) is 0 Å². The Balaban J connectivity index is 1.91. The molecule has 1 N–H and O–H groups in total. The van der Waals surface area contributed by atoms with Gasteiger partial charge in [-0.25, -0.2) is 0 Å². The van der Waals surface area contributed by atoms with Crippen LogP contribution in [0.1, 0.15) is 39.0 Å². The van der Waals surface area contributed by atoms with Gasteiger partial charge in [0.15, 0.2) is 0 Å². The minimum atomic E-state index is 0.506. The quantitative estimate of drug-likeness (QED) is 0.722. The standard InChI is InChI=1S/C11H21NO/c1-10(5-7-13-8-6-10)9-11(12-2)3-4-11/h12H,3-9H2,1-2H3. The molecular formula is C11H21NO. The van der Waals surface area contributed by atoms with E-state index in [4.69, 9.17) is 4.74 Å². The van der Waals surface area contributed by atoms with Crippen LogP contribution in [0.5, 0.6) is 0 Å². The summed E-state index contributed by atoms with van der Waals surface area (Å²) in [5.41, 5.74) is 1.05. The third-order valence-corrected chi connectivity index (χ3v) is 3.85. The number of ether oxygens (including phenoxy) is 1. The number of hydrogen-bond donors (Lipinski definition) is 1. The Bertz CT molecular complexity index is 181. The summed E-state index contributed by atoms with van der Waals surface area (Å²) >= 11 is 0. The van der Waals surface area contributed by atoms with Gasteiger partial charge in [-0.1, -0.05) is 6.92 Å². The maximum absolute atomic E-state index is 5.41. The molecule has 0 radical (unpaired) electrons. The predicted octanol–water partition coefficient (Wildman–Crippen LogP) is 1.95. The molecule has 0 aromatic rings. The van der Waals surface area contributed by atoms with Crippen molar-refractivity contribution in [3.8, 4) is 0 Å². The molecule has 76 valence electrons. The predicted molar refractivity (Wildman–Crippen MR) is 53.8 cm³/mol. The molecular weight excluding hydrogens is 162 g/mol. The summed E-state index contributed by atoms with van der Waals surface area (Å²) in [6.07, 6.45) is 6.59. The van der Waals surface area contributed by atoms with Crippen LogP contribution >= 0.6 is 0 Å². The molecule has 1 saturated carbocycles. The molecule has 0 bridgehead atoms. The van der Waals surface area contributed by atoms with Crippen molar-refractivity contribution in [2.24, 2.45) is 5.41 Å². The summed E-state index contributed by atoms with van der Waals surface area (Å²) in [5, 5.41) is 3.48. The van der Waals surface area contributed by atoms with Crippen molar-refractivity contribution in [2.45, 2.75) is 44.6 Å². The maximum atomic E-state index is 5.41. The second-order valence-electron chi connectivity index (χ2n) is 5.13. The Morgan fingerprint density at radius 2 is 1.77 bits per heavy atom. The second kappa shape index (κ2) is 3.25. The van der Waals surface area contributed by atoms with Crippen molar-refractivity contribution in [1.29, 1.82) is 0 Å². The Morgan fingerprint density at radius 3 is 2.23 bits per heavy atom. The van der Waals surface area contributed by atoms with Crippen LogP contribution in [0.2, 0.25) is 0 Å². The van der Waals surface area contributed by atoms with Gasteiger partial charge in [0.05, 0.1) is 0 Å². The number of rotatable bonds is 3. The summed E-state index contributed by atoms with van der Waals surface area (Å²) in [5.74, 6) is 0. The fraction of sp³-hybridized carbons (Fsp3) is 1.00. The Hall–Kier alpha value is -0.0800. The summed E-state index contributed by atoms with van der Waals surface area (Å²) in [6.45, 7) is 4.36. The zero-order chi connectivity index (χ0) is 9.36. The molecule has 1 saturated heterocycles. The lowest BCUT2D eigenvalue weighted by atomic mass is 9.76. The first-order valence-electron chi connectivity index (χ1n) is 5.45. The molecule has 0 aromatic carbocycles. The summed E-state index contributed by atoms with van der Waals surface area (Å²) in [6, 6.07) is 0. The van der Waals surface area contributed by atoms with Gasteiger partial charge in [0.1, 0.15) is 0 Å². The van der Waals surface area contributed by atoms with Crippen LogP contribution in [-0.4, -0.2) is 25.8 Å². The van der Waals surface area contributed by atoms with Gasteiger partial charge in [-0.15, -0.1) is 0 Å². The molecule has 0 atom stereocenters. The van der Waals surface area contributed by atoms with E-state index in [1.54, 1.807) is 0 Å². The number of nitrogens with one attached hydrogen (secondary N) is 1. The fourth-order valence-corrected chi connectivity index (χ4v) is 2.52. The highest BCUT2D eigenvalue weighted by Gasteiger charge is 2.46. The minimum Gasteiger partial charge on any atom is -0.381 e. The molecule has 2 fully saturated rings. The van der Waals surface area contributed by atoms with E-state index in [9.17, 15) is 0 Å². The lowest BCUT2D eigenvalue weighted by molar-refractivity contribution is 0.0135. The Labute approximate surface area is 81.0 Å². The first-order valence-corrected chi connectivity index (χ1v) is 5.45. The molecule has 0 aromatic heterocycles. The molecule has 0 spiro atoms. The monoisotopic (exact) mass is 183 g/mol. The fourth-order valence-electron chi connectivity index (χ4n) is 2.52. The molecule has 0 unspecified atom stereocenters. The first kappa shape index (κ1) is 9.47. The molecule has 1 aliphatic carbocycles. The van der Waals surface area contributed by atoms with Gasteiger partial charge < -0.3 is 10.1 Å². The van der Waals surface area contributed by atoms with Gasteiger partial charge in [-0.05, 0) is 44.6 Å². The van der Waals surface area contributed by atoms with Crippen LogP contribution in [-0.2, 0) is 4.74 Å². The summed E-state index contributed by atoms with van der Waals surface area (Å²) < 4.78 is 5.41. The molecule has 2 rings (SSSR count). The summed E-state index contributed by atoms with van der Waals surface area (Å²) in [7, 11) is 2.11. The van der Waals surface area contributed by atoms with Crippen LogP contribution < -0.4 is 5.32 Å². The Morgan fingerprint density at radius 1 is 1.15 bits per heavy atom. The van der Waals surface area contributed by atoms with E-state index in [1.165, 1.54) is 32.1 Å². The molecule has 2 heteroatoms. The molecule has 13 heavy (non-hydrogen) atoms. The minimum absolute atomic E-state index is 0.506. The van der Waals surface area contributed by atoms with Gasteiger partial charge in [-0.3, -0.25) is 0 Å². The normalized spacial score (nSPS) is 30.0. The average molecular weight is 183 g/mol. The van der Waals surface area contributed by atoms with Gasteiger partial charge in [0.2, 0.25) is 0 Å². The zero-order valence-electron chi connectivity index (χ0n) is 8.86. The van der Waals surface area contributed by atoms with Crippen molar-refractivity contribution in [3.05, 3.63) is 0 Å². The summed E-state index contributed by atoms with van der Waals surface area (Å²) in [4.78, 5) is 0. The van der Waals surface area contributed by atoms with Gasteiger partial charge in [0, 0.05) is 18.8 Å². The SMILES string of the molecule is CNC1(CC2(C)CCOCC2)CC1. The molecule has 1 heterocycles. The van der Waals surface area contributed by atoms with Crippen molar-refractivity contribution in [2.75, 3.05) is 20.3 Å². The largest absolute Gasteiger partial charge is 0.381 e. The first-order chi connectivity index (χ1) is 6.18. The highest BCUT2D eigenvalue weighted by Crippen LogP contribution is 2.47. The van der Waals surface area contributed by atoms with Crippen LogP contribution in [0.4, 0.5) is 0 Å². The molecule has 2 nitrogen and oxygen atoms in total. The average Bonchev–Trinajstić information content (AvgIpc) is 2.86. The van der Waals surface area contributed by atoms with Gasteiger partial charge in [0.25, 0.3) is 0 Å². The zero-order valence-corrected chi connectivity index (χ0v) is 8.86. The van der Waals surface area contributed by atoms with E-state index < -0.39 is 0 Å². The third-order valence-electron chi connectivity index (χ3n) is 3.85. The van der Waals surface area contributed by atoms with E-state index >= 15 is 0 Å². The van der Waals surface area contributed by atoms with Crippen molar-refractivity contribution in [1.82, 2.24) is 5.32 Å². The van der Waals surface area contributed by atoms with E-state index in [-0.39, 0.29) is 0 Å². The Kier molecular flexibility index (Phi) is 2.37. The topological polar surface area (TPSA) is 21.3 Å². The molecule has 2 aliphatic rings. The van der Waals surface area contributed by atoms with Crippen molar-refractivity contribution in [3.63, 3.8) is 0 Å². The third kappa shape index (κ3) is 2.05. The van der Waals surface area contributed by atoms with Crippen molar-refractivity contribution < 1.29 is 4.74 Å². The van der Waals surface area contributed by atoms with Crippen LogP contribution in [0.25, 0.3) is 0 Å². The molecule has 1 aliphatic heterocycles.